The van der Waals surface area contributed by atoms with Crippen molar-refractivity contribution in [1.29, 1.82) is 0 Å². The maximum absolute atomic E-state index is 13.6. The van der Waals surface area contributed by atoms with Gasteiger partial charge >= 0.3 is 0 Å². The molecule has 0 unspecified atom stereocenters. The summed E-state index contributed by atoms with van der Waals surface area (Å²) in [6, 6.07) is 23.6. The topological polar surface area (TPSA) is 61.4 Å². The van der Waals surface area contributed by atoms with Crippen LogP contribution in [0.3, 0.4) is 0 Å². The molecule has 0 radical (unpaired) electrons. The number of rotatable bonds is 5. The van der Waals surface area contributed by atoms with Crippen LogP contribution in [0.15, 0.2) is 82.7 Å². The summed E-state index contributed by atoms with van der Waals surface area (Å²) in [5.41, 5.74) is 3.49. The summed E-state index contributed by atoms with van der Waals surface area (Å²) in [5, 5.41) is 10.4. The predicted molar refractivity (Wildman–Crippen MR) is 128 cm³/mol. The Balaban J connectivity index is 1.79. The van der Waals surface area contributed by atoms with E-state index in [9.17, 15) is 4.79 Å². The number of aryl methyl sites for hydroxylation is 1. The van der Waals surface area contributed by atoms with Crippen molar-refractivity contribution in [2.75, 3.05) is 7.11 Å². The van der Waals surface area contributed by atoms with E-state index in [1.165, 1.54) is 5.56 Å². The van der Waals surface area contributed by atoms with Gasteiger partial charge in [0.15, 0.2) is 5.16 Å². The average molecular weight is 443 g/mol. The number of nitrogens with zero attached hydrogens (tertiary/aromatic N) is 4. The number of benzene rings is 3. The third-order valence-corrected chi connectivity index (χ3v) is 6.62. The monoisotopic (exact) mass is 442 g/mol. The van der Waals surface area contributed by atoms with Gasteiger partial charge in [-0.3, -0.25) is 9.20 Å². The third-order valence-electron chi connectivity index (χ3n) is 5.52. The molecule has 160 valence electrons. The van der Waals surface area contributed by atoms with Crippen molar-refractivity contribution in [2.45, 2.75) is 24.3 Å². The molecule has 0 saturated heterocycles. The van der Waals surface area contributed by atoms with Crippen LogP contribution in [-0.2, 0) is 0 Å². The minimum atomic E-state index is -0.156. The lowest BCUT2D eigenvalue weighted by Crippen LogP contribution is -2.22. The standard InChI is InChI=1S/C25H22N4O2S/c1-16-13-14-22(31-3)21(15-16)28-23(30)19-11-7-8-12-20(19)29-24(28)26-27-25(29)32-17(2)18-9-5-4-6-10-18/h4-15,17H,1-3H3/t17-/m0/s1. The lowest BCUT2D eigenvalue weighted by Gasteiger charge is -2.15. The van der Waals surface area contributed by atoms with Crippen molar-refractivity contribution in [3.8, 4) is 11.4 Å². The molecular weight excluding hydrogens is 420 g/mol. The van der Waals surface area contributed by atoms with Crippen LogP contribution < -0.4 is 10.3 Å². The summed E-state index contributed by atoms with van der Waals surface area (Å²) >= 11 is 1.61. The number of ether oxygens (including phenoxy) is 1. The number of methoxy groups -OCH3 is 1. The summed E-state index contributed by atoms with van der Waals surface area (Å²) < 4.78 is 9.13. The second-order valence-corrected chi connectivity index (χ2v) is 8.93. The van der Waals surface area contributed by atoms with Gasteiger partial charge in [0, 0.05) is 5.25 Å². The smallest absolute Gasteiger partial charge is 0.267 e. The van der Waals surface area contributed by atoms with Crippen LogP contribution in [0.5, 0.6) is 5.75 Å². The highest BCUT2D eigenvalue weighted by Gasteiger charge is 2.21. The highest BCUT2D eigenvalue weighted by molar-refractivity contribution is 7.99. The molecule has 0 saturated carbocycles. The Kier molecular flexibility index (Phi) is 5.19. The van der Waals surface area contributed by atoms with Gasteiger partial charge in [0.05, 0.1) is 23.7 Å². The summed E-state index contributed by atoms with van der Waals surface area (Å²) in [4.78, 5) is 13.6. The number of fused-ring (bicyclic) bond motifs is 3. The van der Waals surface area contributed by atoms with Gasteiger partial charge < -0.3 is 4.74 Å². The zero-order valence-electron chi connectivity index (χ0n) is 18.0. The molecule has 0 aliphatic carbocycles. The number of para-hydroxylation sites is 1. The van der Waals surface area contributed by atoms with Gasteiger partial charge in [-0.2, -0.15) is 0 Å². The molecule has 3 aromatic carbocycles. The number of thioether (sulfide) groups is 1. The van der Waals surface area contributed by atoms with E-state index in [0.717, 1.165) is 16.2 Å². The minimum absolute atomic E-state index is 0.156. The molecule has 2 aromatic heterocycles. The SMILES string of the molecule is COc1ccc(C)cc1-n1c(=O)c2ccccc2n2c(S[C@@H](C)c3ccccc3)nnc12. The second kappa shape index (κ2) is 8.16. The van der Waals surface area contributed by atoms with Crippen LogP contribution in [0.25, 0.3) is 22.4 Å². The van der Waals surface area contributed by atoms with Gasteiger partial charge in [-0.05, 0) is 49.2 Å². The second-order valence-electron chi connectivity index (χ2n) is 7.62. The summed E-state index contributed by atoms with van der Waals surface area (Å²) in [6.07, 6.45) is 0. The molecule has 1 atom stereocenters. The molecule has 0 fully saturated rings. The van der Waals surface area contributed by atoms with Gasteiger partial charge in [0.1, 0.15) is 5.75 Å². The van der Waals surface area contributed by atoms with Crippen LogP contribution in [0.2, 0.25) is 0 Å². The van der Waals surface area contributed by atoms with E-state index in [-0.39, 0.29) is 10.8 Å². The van der Waals surface area contributed by atoms with E-state index in [1.54, 1.807) is 23.4 Å². The third kappa shape index (κ3) is 3.35. The van der Waals surface area contributed by atoms with Crippen molar-refractivity contribution in [2.24, 2.45) is 0 Å². The molecule has 0 bridgehead atoms. The van der Waals surface area contributed by atoms with E-state index < -0.39 is 0 Å². The molecule has 0 aliphatic heterocycles. The fourth-order valence-corrected chi connectivity index (χ4v) is 4.88. The van der Waals surface area contributed by atoms with Crippen molar-refractivity contribution < 1.29 is 4.74 Å². The van der Waals surface area contributed by atoms with E-state index in [1.807, 2.05) is 72.0 Å². The van der Waals surface area contributed by atoms with Gasteiger partial charge in [0.25, 0.3) is 5.56 Å². The highest BCUT2D eigenvalue weighted by atomic mass is 32.2. The first kappa shape index (κ1) is 20.3. The molecule has 5 rings (SSSR count). The van der Waals surface area contributed by atoms with Gasteiger partial charge in [0.2, 0.25) is 5.78 Å². The zero-order valence-corrected chi connectivity index (χ0v) is 18.8. The van der Waals surface area contributed by atoms with Crippen molar-refractivity contribution in [3.05, 3.63) is 94.3 Å². The Morgan fingerprint density at radius 3 is 2.50 bits per heavy atom. The van der Waals surface area contributed by atoms with Crippen molar-refractivity contribution in [3.63, 3.8) is 0 Å². The maximum Gasteiger partial charge on any atom is 0.267 e. The molecule has 0 N–H and O–H groups in total. The highest BCUT2D eigenvalue weighted by Crippen LogP contribution is 2.35. The summed E-state index contributed by atoms with van der Waals surface area (Å²) in [6.45, 7) is 4.13. The van der Waals surface area contributed by atoms with E-state index in [4.69, 9.17) is 4.74 Å². The minimum Gasteiger partial charge on any atom is -0.495 e. The summed E-state index contributed by atoms with van der Waals surface area (Å²) in [5.74, 6) is 1.06. The molecule has 0 amide bonds. The predicted octanol–water partition coefficient (Wildman–Crippen LogP) is 5.20. The molecule has 6 nitrogen and oxygen atoms in total. The fourth-order valence-electron chi connectivity index (χ4n) is 3.90. The van der Waals surface area contributed by atoms with Gasteiger partial charge in [-0.15, -0.1) is 10.2 Å². The lowest BCUT2D eigenvalue weighted by molar-refractivity contribution is 0.412. The average Bonchev–Trinajstić information content (AvgIpc) is 3.23. The number of hydrogen-bond donors (Lipinski definition) is 0. The normalized spacial score (nSPS) is 12.3. The van der Waals surface area contributed by atoms with E-state index in [2.05, 4.69) is 29.3 Å². The van der Waals surface area contributed by atoms with E-state index >= 15 is 0 Å². The molecule has 7 heteroatoms. The largest absolute Gasteiger partial charge is 0.495 e. The molecule has 5 aromatic rings. The Bertz CT molecular complexity index is 1490. The van der Waals surface area contributed by atoms with Crippen LogP contribution >= 0.6 is 11.8 Å². The first-order chi connectivity index (χ1) is 15.6. The first-order valence-electron chi connectivity index (χ1n) is 10.3. The first-order valence-corrected chi connectivity index (χ1v) is 11.2. The van der Waals surface area contributed by atoms with Gasteiger partial charge in [-0.1, -0.05) is 60.3 Å². The molecule has 0 spiro atoms. The van der Waals surface area contributed by atoms with Crippen molar-refractivity contribution in [1.82, 2.24) is 19.2 Å². The Hall–Kier alpha value is -3.58. The Morgan fingerprint density at radius 1 is 0.969 bits per heavy atom. The maximum atomic E-state index is 13.6. The van der Waals surface area contributed by atoms with Crippen LogP contribution in [0, 0.1) is 6.92 Å². The van der Waals surface area contributed by atoms with Gasteiger partial charge in [-0.25, -0.2) is 4.57 Å². The molecule has 2 heterocycles. The number of hydrogen-bond acceptors (Lipinski definition) is 5. The fraction of sp³-hybridized carbons (Fsp3) is 0.160. The molecular formula is C25H22N4O2S. The quantitative estimate of drug-likeness (QED) is 0.350. The summed E-state index contributed by atoms with van der Waals surface area (Å²) in [7, 11) is 1.60. The molecule has 0 aliphatic rings. The van der Waals surface area contributed by atoms with Crippen molar-refractivity contribution >= 4 is 28.4 Å². The molecule has 32 heavy (non-hydrogen) atoms. The number of aromatic nitrogens is 4. The lowest BCUT2D eigenvalue weighted by atomic mass is 10.2. The van der Waals surface area contributed by atoms with Crippen LogP contribution in [-0.4, -0.2) is 26.3 Å². The Labute approximate surface area is 189 Å². The van der Waals surface area contributed by atoms with E-state index in [0.29, 0.717) is 22.6 Å². The van der Waals surface area contributed by atoms with Crippen LogP contribution in [0.4, 0.5) is 0 Å². The zero-order chi connectivity index (χ0) is 22.2. The Morgan fingerprint density at radius 2 is 1.72 bits per heavy atom. The van der Waals surface area contributed by atoms with Crippen LogP contribution in [0.1, 0.15) is 23.3 Å².